The van der Waals surface area contributed by atoms with Crippen molar-refractivity contribution in [2.24, 2.45) is 11.8 Å². The number of benzene rings is 1. The number of fused-ring (bicyclic) bond motifs is 1. The van der Waals surface area contributed by atoms with Gasteiger partial charge in [-0.2, -0.15) is 0 Å². The standard InChI is InChI=1S/C18H25NS/c1-3-13-8-4-6-10-15(13)18(19-2)17-12-14-9-5-7-11-16(14)20-17/h5,7,9,11-13,15,18-19H,3-4,6,8,10H2,1-2H3. The molecule has 108 valence electrons. The van der Waals surface area contributed by atoms with E-state index in [0.717, 1.165) is 11.8 Å². The lowest BCUT2D eigenvalue weighted by molar-refractivity contribution is 0.182. The Morgan fingerprint density at radius 3 is 2.80 bits per heavy atom. The molecule has 3 unspecified atom stereocenters. The van der Waals surface area contributed by atoms with Crippen LogP contribution in [0.4, 0.5) is 0 Å². The molecule has 1 N–H and O–H groups in total. The number of hydrogen-bond acceptors (Lipinski definition) is 2. The molecule has 0 aliphatic heterocycles. The Balaban J connectivity index is 1.91. The van der Waals surface area contributed by atoms with Crippen LogP contribution in [0.5, 0.6) is 0 Å². The van der Waals surface area contributed by atoms with Crippen LogP contribution in [0.25, 0.3) is 10.1 Å². The highest BCUT2D eigenvalue weighted by atomic mass is 32.1. The summed E-state index contributed by atoms with van der Waals surface area (Å²) in [4.78, 5) is 1.53. The van der Waals surface area contributed by atoms with E-state index in [4.69, 9.17) is 0 Å². The van der Waals surface area contributed by atoms with Crippen molar-refractivity contribution in [1.82, 2.24) is 5.32 Å². The molecule has 1 aromatic carbocycles. The lowest BCUT2D eigenvalue weighted by atomic mass is 9.73. The Labute approximate surface area is 126 Å². The summed E-state index contributed by atoms with van der Waals surface area (Å²) >= 11 is 1.97. The van der Waals surface area contributed by atoms with E-state index in [2.05, 4.69) is 49.6 Å². The minimum Gasteiger partial charge on any atom is -0.312 e. The van der Waals surface area contributed by atoms with Gasteiger partial charge >= 0.3 is 0 Å². The van der Waals surface area contributed by atoms with Crippen LogP contribution in [0, 0.1) is 11.8 Å². The third kappa shape index (κ3) is 2.64. The van der Waals surface area contributed by atoms with E-state index in [1.807, 2.05) is 11.3 Å². The molecule has 1 heterocycles. The molecule has 3 rings (SSSR count). The van der Waals surface area contributed by atoms with Gasteiger partial charge in [0.2, 0.25) is 0 Å². The molecule has 1 nitrogen and oxygen atoms in total. The van der Waals surface area contributed by atoms with Crippen LogP contribution in [0.2, 0.25) is 0 Å². The van der Waals surface area contributed by atoms with Crippen LogP contribution < -0.4 is 5.32 Å². The van der Waals surface area contributed by atoms with Crippen LogP contribution in [0.15, 0.2) is 30.3 Å². The van der Waals surface area contributed by atoms with Crippen molar-refractivity contribution < 1.29 is 0 Å². The predicted molar refractivity (Wildman–Crippen MR) is 89.4 cm³/mol. The molecule has 1 aliphatic carbocycles. The van der Waals surface area contributed by atoms with Gasteiger partial charge in [0.1, 0.15) is 0 Å². The summed E-state index contributed by atoms with van der Waals surface area (Å²) in [7, 11) is 2.14. The smallest absolute Gasteiger partial charge is 0.0444 e. The lowest BCUT2D eigenvalue weighted by Gasteiger charge is -2.36. The zero-order valence-corrected chi connectivity index (χ0v) is 13.4. The summed E-state index contributed by atoms with van der Waals surface area (Å²) < 4.78 is 1.42. The van der Waals surface area contributed by atoms with Gasteiger partial charge < -0.3 is 5.32 Å². The molecule has 20 heavy (non-hydrogen) atoms. The SMILES string of the molecule is CCC1CCCCC1C(NC)c1cc2ccccc2s1. The van der Waals surface area contributed by atoms with E-state index < -0.39 is 0 Å². The fourth-order valence-electron chi connectivity index (χ4n) is 3.91. The third-order valence-electron chi connectivity index (χ3n) is 4.98. The molecule has 0 amide bonds. The molecular weight excluding hydrogens is 262 g/mol. The second-order valence-corrected chi connectivity index (χ2v) is 7.18. The Bertz CT molecular complexity index is 526. The second kappa shape index (κ2) is 6.28. The monoisotopic (exact) mass is 287 g/mol. The highest BCUT2D eigenvalue weighted by molar-refractivity contribution is 7.19. The van der Waals surface area contributed by atoms with Crippen molar-refractivity contribution in [3.8, 4) is 0 Å². The molecule has 0 bridgehead atoms. The molecule has 0 saturated heterocycles. The van der Waals surface area contributed by atoms with Gasteiger partial charge in [0.05, 0.1) is 0 Å². The van der Waals surface area contributed by atoms with Gasteiger partial charge in [-0.25, -0.2) is 0 Å². The Kier molecular flexibility index (Phi) is 4.42. The minimum atomic E-state index is 0.539. The van der Waals surface area contributed by atoms with Crippen molar-refractivity contribution in [3.05, 3.63) is 35.2 Å². The lowest BCUT2D eigenvalue weighted by Crippen LogP contribution is -2.32. The van der Waals surface area contributed by atoms with Crippen molar-refractivity contribution in [2.45, 2.75) is 45.1 Å². The largest absolute Gasteiger partial charge is 0.312 e. The normalized spacial score (nSPS) is 24.9. The van der Waals surface area contributed by atoms with Crippen molar-refractivity contribution >= 4 is 21.4 Å². The number of thiophene rings is 1. The fourth-order valence-corrected chi connectivity index (χ4v) is 5.16. The first kappa shape index (κ1) is 14.1. The Morgan fingerprint density at radius 2 is 2.05 bits per heavy atom. The number of hydrogen-bond donors (Lipinski definition) is 1. The first-order valence-corrected chi connectivity index (χ1v) is 8.81. The molecule has 3 atom stereocenters. The number of rotatable bonds is 4. The molecule has 1 aromatic heterocycles. The summed E-state index contributed by atoms with van der Waals surface area (Å²) in [5, 5.41) is 5.02. The Hall–Kier alpha value is -0.860. The van der Waals surface area contributed by atoms with Gasteiger partial charge in [0, 0.05) is 15.6 Å². The molecule has 2 aromatic rings. The summed E-state index contributed by atoms with van der Waals surface area (Å²) in [6, 6.07) is 11.7. The van der Waals surface area contributed by atoms with E-state index in [9.17, 15) is 0 Å². The zero-order valence-electron chi connectivity index (χ0n) is 12.6. The maximum atomic E-state index is 3.62. The second-order valence-electron chi connectivity index (χ2n) is 6.07. The van der Waals surface area contributed by atoms with Gasteiger partial charge in [-0.3, -0.25) is 0 Å². The zero-order chi connectivity index (χ0) is 13.9. The summed E-state index contributed by atoms with van der Waals surface area (Å²) in [5.41, 5.74) is 0. The highest BCUT2D eigenvalue weighted by Gasteiger charge is 2.31. The molecule has 0 spiro atoms. The van der Waals surface area contributed by atoms with Crippen LogP contribution in [0.1, 0.15) is 49.9 Å². The van der Waals surface area contributed by atoms with E-state index in [-0.39, 0.29) is 0 Å². The van der Waals surface area contributed by atoms with Gasteiger partial charge in [0.25, 0.3) is 0 Å². The molecular formula is C18H25NS. The van der Waals surface area contributed by atoms with Gasteiger partial charge in [-0.1, -0.05) is 50.8 Å². The van der Waals surface area contributed by atoms with E-state index in [1.165, 1.54) is 47.1 Å². The van der Waals surface area contributed by atoms with Crippen LogP contribution in [-0.2, 0) is 0 Å². The topological polar surface area (TPSA) is 12.0 Å². The predicted octanol–water partition coefficient (Wildman–Crippen LogP) is 5.38. The molecule has 0 radical (unpaired) electrons. The average Bonchev–Trinajstić information content (AvgIpc) is 2.92. The van der Waals surface area contributed by atoms with E-state index in [1.54, 1.807) is 0 Å². The first-order chi connectivity index (χ1) is 9.83. The fraction of sp³-hybridized carbons (Fsp3) is 0.556. The Morgan fingerprint density at radius 1 is 1.25 bits per heavy atom. The van der Waals surface area contributed by atoms with E-state index >= 15 is 0 Å². The van der Waals surface area contributed by atoms with Gasteiger partial charge in [-0.05, 0) is 42.8 Å². The molecule has 1 aliphatic rings. The van der Waals surface area contributed by atoms with E-state index in [0.29, 0.717) is 6.04 Å². The van der Waals surface area contributed by atoms with Crippen LogP contribution in [0.3, 0.4) is 0 Å². The molecule has 1 fully saturated rings. The first-order valence-electron chi connectivity index (χ1n) is 7.99. The van der Waals surface area contributed by atoms with Crippen molar-refractivity contribution in [3.63, 3.8) is 0 Å². The molecule has 1 saturated carbocycles. The summed E-state index contributed by atoms with van der Waals surface area (Å²) in [5.74, 6) is 1.71. The van der Waals surface area contributed by atoms with Gasteiger partial charge in [0.15, 0.2) is 0 Å². The molecule has 2 heteroatoms. The van der Waals surface area contributed by atoms with Crippen molar-refractivity contribution in [2.75, 3.05) is 7.05 Å². The minimum absolute atomic E-state index is 0.539. The number of nitrogens with one attached hydrogen (secondary N) is 1. The van der Waals surface area contributed by atoms with Crippen LogP contribution >= 0.6 is 11.3 Å². The maximum Gasteiger partial charge on any atom is 0.0444 e. The van der Waals surface area contributed by atoms with Crippen molar-refractivity contribution in [1.29, 1.82) is 0 Å². The highest BCUT2D eigenvalue weighted by Crippen LogP contribution is 2.42. The van der Waals surface area contributed by atoms with Crippen LogP contribution in [-0.4, -0.2) is 7.05 Å². The quantitative estimate of drug-likeness (QED) is 0.796. The summed E-state index contributed by atoms with van der Waals surface area (Å²) in [6.45, 7) is 2.36. The average molecular weight is 287 g/mol. The maximum absolute atomic E-state index is 3.62. The third-order valence-corrected chi connectivity index (χ3v) is 6.18. The van der Waals surface area contributed by atoms with Gasteiger partial charge in [-0.15, -0.1) is 11.3 Å². The summed E-state index contributed by atoms with van der Waals surface area (Å²) in [6.07, 6.45) is 6.97.